The maximum atomic E-state index is 11.0. The van der Waals surface area contributed by atoms with Gasteiger partial charge in [0.05, 0.1) is 5.92 Å². The van der Waals surface area contributed by atoms with Crippen molar-refractivity contribution < 1.29 is 9.90 Å². The number of carboxylic acids is 1. The van der Waals surface area contributed by atoms with Crippen LogP contribution in [-0.2, 0) is 11.2 Å². The van der Waals surface area contributed by atoms with Crippen LogP contribution in [-0.4, -0.2) is 23.7 Å². The average Bonchev–Trinajstić information content (AvgIpc) is 2.70. The summed E-state index contributed by atoms with van der Waals surface area (Å²) in [6, 6.07) is 9.25. The molecule has 2 atom stereocenters. The molecule has 0 bridgehead atoms. The fourth-order valence-corrected chi connectivity index (χ4v) is 4.51. The van der Waals surface area contributed by atoms with Crippen LogP contribution < -0.4 is 5.32 Å². The third kappa shape index (κ3) is 1.51. The van der Waals surface area contributed by atoms with Crippen molar-refractivity contribution in [3.05, 3.63) is 35.4 Å². The van der Waals surface area contributed by atoms with Gasteiger partial charge in [-0.05, 0) is 36.8 Å². The predicted molar refractivity (Wildman–Crippen MR) is 72.1 cm³/mol. The van der Waals surface area contributed by atoms with Gasteiger partial charge in [0.2, 0.25) is 0 Å². The molecule has 2 unspecified atom stereocenters. The molecule has 3 aliphatic rings. The summed E-state index contributed by atoms with van der Waals surface area (Å²) in [4.78, 5) is 11.0. The fourth-order valence-electron chi connectivity index (χ4n) is 4.51. The van der Waals surface area contributed by atoms with Crippen molar-refractivity contribution >= 4 is 5.97 Å². The van der Waals surface area contributed by atoms with Gasteiger partial charge in [-0.3, -0.25) is 4.79 Å². The van der Waals surface area contributed by atoms with Gasteiger partial charge in [-0.15, -0.1) is 0 Å². The minimum atomic E-state index is -0.608. The Balaban J connectivity index is 1.55. The predicted octanol–water partition coefficient (Wildman–Crippen LogP) is 2.17. The minimum Gasteiger partial charge on any atom is -0.481 e. The molecule has 19 heavy (non-hydrogen) atoms. The maximum Gasteiger partial charge on any atom is 0.306 e. The van der Waals surface area contributed by atoms with E-state index in [4.69, 9.17) is 5.11 Å². The quantitative estimate of drug-likeness (QED) is 0.853. The molecule has 0 radical (unpaired) electrons. The van der Waals surface area contributed by atoms with Gasteiger partial charge in [0.15, 0.2) is 0 Å². The van der Waals surface area contributed by atoms with Crippen LogP contribution in [0.2, 0.25) is 0 Å². The Morgan fingerprint density at radius 1 is 1.32 bits per heavy atom. The molecule has 2 fully saturated rings. The summed E-state index contributed by atoms with van der Waals surface area (Å²) in [6.45, 7) is 1.01. The highest BCUT2D eigenvalue weighted by molar-refractivity contribution is 5.71. The molecule has 0 amide bonds. The van der Waals surface area contributed by atoms with E-state index in [1.165, 1.54) is 24.0 Å². The highest BCUT2D eigenvalue weighted by Crippen LogP contribution is 2.57. The van der Waals surface area contributed by atoms with Gasteiger partial charge in [-0.2, -0.15) is 0 Å². The number of carbonyl (C=O) groups is 1. The second-order valence-corrected chi connectivity index (χ2v) is 6.51. The normalized spacial score (nSPS) is 39.5. The molecule has 0 aromatic heterocycles. The monoisotopic (exact) mass is 257 g/mol. The standard InChI is InChI=1S/C16H19NO2/c18-15(19)11-7-16(8-11)9-17-14(16)13-6-5-10-3-1-2-4-12(10)13/h1-4,11,13-14,17H,5-9H2,(H,18,19). The first-order chi connectivity index (χ1) is 9.20. The largest absolute Gasteiger partial charge is 0.481 e. The lowest BCUT2D eigenvalue weighted by molar-refractivity contribution is -0.157. The first-order valence-electron chi connectivity index (χ1n) is 7.24. The summed E-state index contributed by atoms with van der Waals surface area (Å²) in [5.41, 5.74) is 3.27. The van der Waals surface area contributed by atoms with E-state index in [1.54, 1.807) is 0 Å². The number of rotatable bonds is 2. The minimum absolute atomic E-state index is 0.0961. The van der Waals surface area contributed by atoms with Crippen LogP contribution in [0.15, 0.2) is 24.3 Å². The summed E-state index contributed by atoms with van der Waals surface area (Å²) in [6.07, 6.45) is 4.14. The van der Waals surface area contributed by atoms with Crippen LogP contribution in [0.25, 0.3) is 0 Å². The molecule has 4 rings (SSSR count). The number of aliphatic carboxylic acids is 1. The number of nitrogens with one attached hydrogen (secondary N) is 1. The zero-order valence-corrected chi connectivity index (χ0v) is 10.9. The van der Waals surface area contributed by atoms with E-state index >= 15 is 0 Å². The van der Waals surface area contributed by atoms with E-state index in [1.807, 2.05) is 0 Å². The Bertz CT molecular complexity index is 533. The SMILES string of the molecule is O=C(O)C1CC2(CNC2C2CCc3ccccc32)C1. The van der Waals surface area contributed by atoms with Gasteiger partial charge in [-0.1, -0.05) is 24.3 Å². The van der Waals surface area contributed by atoms with Crippen molar-refractivity contribution in [2.75, 3.05) is 6.54 Å². The second kappa shape index (κ2) is 3.83. The fraction of sp³-hybridized carbons (Fsp3) is 0.562. The highest BCUT2D eigenvalue weighted by Gasteiger charge is 2.59. The van der Waals surface area contributed by atoms with Crippen LogP contribution in [0.3, 0.4) is 0 Å². The van der Waals surface area contributed by atoms with Crippen LogP contribution >= 0.6 is 0 Å². The van der Waals surface area contributed by atoms with E-state index in [2.05, 4.69) is 29.6 Å². The van der Waals surface area contributed by atoms with Crippen LogP contribution in [0, 0.1) is 11.3 Å². The van der Waals surface area contributed by atoms with Gasteiger partial charge in [0, 0.05) is 23.9 Å². The molecular weight excluding hydrogens is 238 g/mol. The summed E-state index contributed by atoms with van der Waals surface area (Å²) in [7, 11) is 0. The highest BCUT2D eigenvalue weighted by atomic mass is 16.4. The summed E-state index contributed by atoms with van der Waals surface area (Å²) in [5.74, 6) is -0.107. The molecular formula is C16H19NO2. The van der Waals surface area contributed by atoms with E-state index in [0.717, 1.165) is 19.4 Å². The molecule has 1 saturated carbocycles. The van der Waals surface area contributed by atoms with E-state index < -0.39 is 5.97 Å². The molecule has 2 aliphatic carbocycles. The number of carboxylic acid groups (broad SMARTS) is 1. The Labute approximate surface area is 113 Å². The first-order valence-corrected chi connectivity index (χ1v) is 7.24. The second-order valence-electron chi connectivity index (χ2n) is 6.51. The molecule has 1 aromatic rings. The van der Waals surface area contributed by atoms with E-state index in [9.17, 15) is 4.79 Å². The van der Waals surface area contributed by atoms with Crippen molar-refractivity contribution in [3.8, 4) is 0 Å². The third-order valence-corrected chi connectivity index (χ3v) is 5.57. The third-order valence-electron chi connectivity index (χ3n) is 5.57. The average molecular weight is 257 g/mol. The van der Waals surface area contributed by atoms with Gasteiger partial charge in [0.25, 0.3) is 0 Å². The number of fused-ring (bicyclic) bond motifs is 1. The van der Waals surface area contributed by atoms with Crippen LogP contribution in [0.1, 0.15) is 36.3 Å². The lowest BCUT2D eigenvalue weighted by Gasteiger charge is -2.61. The van der Waals surface area contributed by atoms with Crippen molar-refractivity contribution in [1.82, 2.24) is 5.32 Å². The number of aryl methyl sites for hydroxylation is 1. The van der Waals surface area contributed by atoms with E-state index in [-0.39, 0.29) is 11.3 Å². The molecule has 1 spiro atoms. The molecule has 1 aromatic carbocycles. The Morgan fingerprint density at radius 2 is 2.11 bits per heavy atom. The Kier molecular flexibility index (Phi) is 2.31. The van der Waals surface area contributed by atoms with Gasteiger partial charge < -0.3 is 10.4 Å². The zero-order chi connectivity index (χ0) is 13.0. The van der Waals surface area contributed by atoms with Crippen molar-refractivity contribution in [3.63, 3.8) is 0 Å². The maximum absolute atomic E-state index is 11.0. The Morgan fingerprint density at radius 3 is 2.79 bits per heavy atom. The lowest BCUT2D eigenvalue weighted by Crippen LogP contribution is -2.70. The number of hydrogen-bond donors (Lipinski definition) is 2. The number of benzene rings is 1. The molecule has 1 saturated heterocycles. The molecule has 2 N–H and O–H groups in total. The van der Waals surface area contributed by atoms with Crippen LogP contribution in [0.4, 0.5) is 0 Å². The Hall–Kier alpha value is -1.35. The molecule has 1 aliphatic heterocycles. The summed E-state index contributed by atoms with van der Waals surface area (Å²) in [5, 5.41) is 12.7. The van der Waals surface area contributed by atoms with Crippen molar-refractivity contribution in [2.24, 2.45) is 11.3 Å². The van der Waals surface area contributed by atoms with E-state index in [0.29, 0.717) is 12.0 Å². The molecule has 3 nitrogen and oxygen atoms in total. The van der Waals surface area contributed by atoms with Gasteiger partial charge in [0.1, 0.15) is 0 Å². The topological polar surface area (TPSA) is 49.3 Å². The molecule has 100 valence electrons. The van der Waals surface area contributed by atoms with Crippen molar-refractivity contribution in [2.45, 2.75) is 37.6 Å². The zero-order valence-electron chi connectivity index (χ0n) is 10.9. The first kappa shape index (κ1) is 11.5. The number of hydrogen-bond acceptors (Lipinski definition) is 2. The summed E-state index contributed by atoms with van der Waals surface area (Å²) < 4.78 is 0. The smallest absolute Gasteiger partial charge is 0.306 e. The van der Waals surface area contributed by atoms with Crippen molar-refractivity contribution in [1.29, 1.82) is 0 Å². The molecule has 1 heterocycles. The van der Waals surface area contributed by atoms with Crippen LogP contribution in [0.5, 0.6) is 0 Å². The van der Waals surface area contributed by atoms with Gasteiger partial charge >= 0.3 is 5.97 Å². The molecule has 3 heteroatoms. The van der Waals surface area contributed by atoms with Gasteiger partial charge in [-0.25, -0.2) is 0 Å². The lowest BCUT2D eigenvalue weighted by atomic mass is 9.51. The summed E-state index contributed by atoms with van der Waals surface area (Å²) >= 11 is 0.